The van der Waals surface area contributed by atoms with Gasteiger partial charge in [-0.2, -0.15) is 0 Å². The molecule has 2 heteroatoms. The normalized spacial score (nSPS) is 20.2. The summed E-state index contributed by atoms with van der Waals surface area (Å²) in [5.41, 5.74) is 3.80. The monoisotopic (exact) mass is 240 g/mol. The molecule has 2 radical (unpaired) electrons. The lowest BCUT2D eigenvalue weighted by molar-refractivity contribution is 0.101. The summed E-state index contributed by atoms with van der Waals surface area (Å²) in [7, 11) is 5.45. The van der Waals surface area contributed by atoms with Crippen LogP contribution in [0.5, 0.6) is 0 Å². The van der Waals surface area contributed by atoms with Gasteiger partial charge in [-0.3, -0.25) is 4.79 Å². The average Bonchev–Trinajstić information content (AvgIpc) is 2.34. The summed E-state index contributed by atoms with van der Waals surface area (Å²) in [6.07, 6.45) is 2.44. The van der Waals surface area contributed by atoms with E-state index >= 15 is 0 Å². The Morgan fingerprint density at radius 1 is 1.11 bits per heavy atom. The first kappa shape index (κ1) is 13.4. The molecule has 0 fully saturated rings. The van der Waals surface area contributed by atoms with Gasteiger partial charge in [-0.05, 0) is 47.2 Å². The standard InChI is InChI=1S/C16H21BO/c1-15(2)7-8-16(3,4)13-9-11(14(18)10-17)5-6-12(13)15/h5-6,9H,7-8,10H2,1-4H3. The minimum Gasteiger partial charge on any atom is -0.295 e. The van der Waals surface area contributed by atoms with Crippen LogP contribution >= 0.6 is 0 Å². The number of carbonyl (C=O) groups is 1. The van der Waals surface area contributed by atoms with Gasteiger partial charge in [0.05, 0.1) is 7.85 Å². The molecule has 0 saturated heterocycles. The minimum absolute atomic E-state index is 0.0250. The fourth-order valence-electron chi connectivity index (χ4n) is 2.88. The van der Waals surface area contributed by atoms with Crippen LogP contribution in [0.15, 0.2) is 18.2 Å². The van der Waals surface area contributed by atoms with Crippen LogP contribution in [0.4, 0.5) is 0 Å². The zero-order chi connectivity index (χ0) is 13.6. The van der Waals surface area contributed by atoms with Gasteiger partial charge in [-0.15, -0.1) is 0 Å². The SMILES string of the molecule is [B]CC(=O)c1ccc2c(c1)C(C)(C)CCC2(C)C. The van der Waals surface area contributed by atoms with Gasteiger partial charge >= 0.3 is 0 Å². The van der Waals surface area contributed by atoms with Gasteiger partial charge in [-0.25, -0.2) is 0 Å². The van der Waals surface area contributed by atoms with Crippen LogP contribution in [0, 0.1) is 0 Å². The lowest BCUT2D eigenvalue weighted by Crippen LogP contribution is -2.34. The number of hydrogen-bond acceptors (Lipinski definition) is 1. The highest BCUT2D eigenvalue weighted by Crippen LogP contribution is 2.45. The van der Waals surface area contributed by atoms with Crippen molar-refractivity contribution in [2.75, 3.05) is 0 Å². The second-order valence-corrected chi connectivity index (χ2v) is 6.66. The molecular weight excluding hydrogens is 219 g/mol. The van der Waals surface area contributed by atoms with E-state index in [0.29, 0.717) is 0 Å². The molecular formula is C16H21BO. The van der Waals surface area contributed by atoms with Crippen molar-refractivity contribution >= 4 is 13.6 Å². The Balaban J connectivity index is 2.58. The maximum atomic E-state index is 11.7. The van der Waals surface area contributed by atoms with Gasteiger partial charge < -0.3 is 0 Å². The molecule has 0 unspecified atom stereocenters. The number of hydrogen-bond donors (Lipinski definition) is 0. The van der Waals surface area contributed by atoms with Crippen LogP contribution < -0.4 is 0 Å². The summed E-state index contributed by atoms with van der Waals surface area (Å²) < 4.78 is 0. The van der Waals surface area contributed by atoms with Crippen molar-refractivity contribution < 1.29 is 4.79 Å². The number of Topliss-reactive ketones (excluding diaryl/α,β-unsaturated/α-hetero) is 1. The molecule has 0 aromatic heterocycles. The molecule has 1 aliphatic rings. The third-order valence-electron chi connectivity index (χ3n) is 4.36. The number of benzene rings is 1. The summed E-state index contributed by atoms with van der Waals surface area (Å²) >= 11 is 0. The van der Waals surface area contributed by atoms with E-state index in [4.69, 9.17) is 7.85 Å². The third-order valence-corrected chi connectivity index (χ3v) is 4.36. The first-order valence-corrected chi connectivity index (χ1v) is 6.66. The van der Waals surface area contributed by atoms with Crippen LogP contribution in [0.1, 0.15) is 62.0 Å². The number of ketones is 1. The first-order valence-electron chi connectivity index (χ1n) is 6.66. The smallest absolute Gasteiger partial charge is 0.154 e. The summed E-state index contributed by atoms with van der Waals surface area (Å²) in [5, 5.41) is 0. The molecule has 1 nitrogen and oxygen atoms in total. The molecule has 0 heterocycles. The highest BCUT2D eigenvalue weighted by Gasteiger charge is 2.37. The van der Waals surface area contributed by atoms with E-state index in [1.165, 1.54) is 17.5 Å². The Kier molecular flexibility index (Phi) is 3.17. The third kappa shape index (κ3) is 2.13. The predicted molar refractivity (Wildman–Crippen MR) is 76.6 cm³/mol. The van der Waals surface area contributed by atoms with Crippen molar-refractivity contribution in [1.82, 2.24) is 0 Å². The summed E-state index contributed by atoms with van der Waals surface area (Å²) in [5.74, 6) is 0.0250. The van der Waals surface area contributed by atoms with E-state index in [1.54, 1.807) is 0 Å². The molecule has 1 aromatic rings. The zero-order valence-electron chi connectivity index (χ0n) is 11.8. The molecule has 0 bridgehead atoms. The largest absolute Gasteiger partial charge is 0.295 e. The topological polar surface area (TPSA) is 17.1 Å². The highest BCUT2D eigenvalue weighted by atomic mass is 16.1. The fraction of sp³-hybridized carbons (Fsp3) is 0.562. The molecule has 94 valence electrons. The summed E-state index contributed by atoms with van der Waals surface area (Å²) in [4.78, 5) is 11.7. The molecule has 0 saturated carbocycles. The van der Waals surface area contributed by atoms with Gasteiger partial charge in [0, 0.05) is 5.56 Å². The Hall–Kier alpha value is -1.05. The second-order valence-electron chi connectivity index (χ2n) is 6.66. The van der Waals surface area contributed by atoms with E-state index < -0.39 is 0 Å². The summed E-state index contributed by atoms with van der Waals surface area (Å²) in [6, 6.07) is 6.11. The molecule has 0 amide bonds. The van der Waals surface area contributed by atoms with Crippen LogP contribution in [0.2, 0.25) is 6.32 Å². The van der Waals surface area contributed by atoms with E-state index in [1.807, 2.05) is 6.07 Å². The first-order chi connectivity index (χ1) is 8.28. The molecule has 1 aliphatic carbocycles. The zero-order valence-corrected chi connectivity index (χ0v) is 11.8. The van der Waals surface area contributed by atoms with E-state index in [0.717, 1.165) is 12.0 Å². The minimum atomic E-state index is 0.0250. The molecule has 2 rings (SSSR count). The van der Waals surface area contributed by atoms with Crippen LogP contribution in [-0.4, -0.2) is 13.6 Å². The van der Waals surface area contributed by atoms with Crippen molar-refractivity contribution in [1.29, 1.82) is 0 Å². The van der Waals surface area contributed by atoms with Crippen molar-refractivity contribution in [3.63, 3.8) is 0 Å². The lowest BCUT2D eigenvalue weighted by Gasteiger charge is -2.42. The van der Waals surface area contributed by atoms with Crippen molar-refractivity contribution in [2.45, 2.75) is 57.7 Å². The van der Waals surface area contributed by atoms with E-state index in [9.17, 15) is 4.79 Å². The molecule has 0 aliphatic heterocycles. The van der Waals surface area contributed by atoms with Gasteiger partial charge in [-0.1, -0.05) is 39.8 Å². The van der Waals surface area contributed by atoms with Crippen LogP contribution in [0.25, 0.3) is 0 Å². The summed E-state index contributed by atoms with van der Waals surface area (Å²) in [6.45, 7) is 9.09. The number of carbonyl (C=O) groups excluding carboxylic acids is 1. The maximum Gasteiger partial charge on any atom is 0.154 e. The van der Waals surface area contributed by atoms with Crippen LogP contribution in [0.3, 0.4) is 0 Å². The molecule has 18 heavy (non-hydrogen) atoms. The van der Waals surface area contributed by atoms with Gasteiger partial charge in [0.2, 0.25) is 0 Å². The average molecular weight is 240 g/mol. The van der Waals surface area contributed by atoms with Crippen molar-refractivity contribution in [3.8, 4) is 0 Å². The van der Waals surface area contributed by atoms with Crippen LogP contribution in [-0.2, 0) is 10.8 Å². The molecule has 0 atom stereocenters. The van der Waals surface area contributed by atoms with Gasteiger partial charge in [0.25, 0.3) is 0 Å². The molecule has 1 aromatic carbocycles. The van der Waals surface area contributed by atoms with E-state index in [2.05, 4.69) is 39.8 Å². The van der Waals surface area contributed by atoms with E-state index in [-0.39, 0.29) is 22.9 Å². The number of rotatable bonds is 2. The number of fused-ring (bicyclic) bond motifs is 1. The Bertz CT molecular complexity index is 486. The molecule has 0 spiro atoms. The Labute approximate surface area is 111 Å². The molecule has 0 N–H and O–H groups in total. The van der Waals surface area contributed by atoms with Gasteiger partial charge in [0.15, 0.2) is 5.78 Å². The maximum absolute atomic E-state index is 11.7. The fourth-order valence-corrected chi connectivity index (χ4v) is 2.88. The van der Waals surface area contributed by atoms with Crippen molar-refractivity contribution in [3.05, 3.63) is 34.9 Å². The van der Waals surface area contributed by atoms with Crippen molar-refractivity contribution in [2.24, 2.45) is 0 Å². The lowest BCUT2D eigenvalue weighted by atomic mass is 9.63. The quantitative estimate of drug-likeness (QED) is 0.567. The predicted octanol–water partition coefficient (Wildman–Crippen LogP) is 3.81. The Morgan fingerprint density at radius 3 is 2.22 bits per heavy atom. The highest BCUT2D eigenvalue weighted by molar-refractivity contribution is 6.24. The van der Waals surface area contributed by atoms with Gasteiger partial charge in [0.1, 0.15) is 0 Å². The Morgan fingerprint density at radius 2 is 1.67 bits per heavy atom. The second kappa shape index (κ2) is 4.26.